The Kier molecular flexibility index (Phi) is 5.73. The molecule has 0 bridgehead atoms. The number of unbranched alkanes of at least 4 members (excludes halogenated alkanes) is 1. The minimum absolute atomic E-state index is 0.123. The van der Waals surface area contributed by atoms with Crippen molar-refractivity contribution in [3.63, 3.8) is 0 Å². The SMILES string of the molecule is CCCCSCc1cc(C(=O)NC2CCNC2=O)oc1C. The van der Waals surface area contributed by atoms with Crippen LogP contribution in [0.2, 0.25) is 0 Å². The van der Waals surface area contributed by atoms with Gasteiger partial charge in [0, 0.05) is 17.9 Å². The molecule has 2 N–H and O–H groups in total. The Hall–Kier alpha value is -1.43. The van der Waals surface area contributed by atoms with Crippen molar-refractivity contribution in [3.05, 3.63) is 23.2 Å². The highest BCUT2D eigenvalue weighted by molar-refractivity contribution is 7.98. The van der Waals surface area contributed by atoms with E-state index in [0.29, 0.717) is 18.7 Å². The van der Waals surface area contributed by atoms with Gasteiger partial charge in [-0.1, -0.05) is 13.3 Å². The number of amides is 2. The predicted octanol–water partition coefficient (Wildman–Crippen LogP) is 2.24. The summed E-state index contributed by atoms with van der Waals surface area (Å²) in [6.07, 6.45) is 3.02. The van der Waals surface area contributed by atoms with Gasteiger partial charge in [-0.05, 0) is 31.6 Å². The largest absolute Gasteiger partial charge is 0.456 e. The molecule has 2 amide bonds. The summed E-state index contributed by atoms with van der Waals surface area (Å²) in [5, 5.41) is 5.41. The number of furan rings is 1. The first-order valence-electron chi connectivity index (χ1n) is 7.37. The van der Waals surface area contributed by atoms with Crippen LogP contribution in [0, 0.1) is 6.92 Å². The van der Waals surface area contributed by atoms with Crippen LogP contribution in [-0.4, -0.2) is 30.2 Å². The first-order chi connectivity index (χ1) is 10.1. The van der Waals surface area contributed by atoms with Gasteiger partial charge in [0.1, 0.15) is 11.8 Å². The molecular formula is C15H22N2O3S. The Bertz CT molecular complexity index is 513. The maximum absolute atomic E-state index is 12.1. The molecule has 1 aliphatic heterocycles. The fourth-order valence-corrected chi connectivity index (χ4v) is 3.31. The van der Waals surface area contributed by atoms with E-state index in [1.54, 1.807) is 6.07 Å². The van der Waals surface area contributed by atoms with Crippen LogP contribution in [0.25, 0.3) is 0 Å². The molecule has 5 nitrogen and oxygen atoms in total. The quantitative estimate of drug-likeness (QED) is 0.758. The summed E-state index contributed by atoms with van der Waals surface area (Å²) in [4.78, 5) is 23.6. The Balaban J connectivity index is 1.90. The molecule has 6 heteroatoms. The fraction of sp³-hybridized carbons (Fsp3) is 0.600. The number of carbonyl (C=O) groups excluding carboxylic acids is 2. The molecule has 0 saturated carbocycles. The number of hydrogen-bond acceptors (Lipinski definition) is 4. The van der Waals surface area contributed by atoms with Crippen molar-refractivity contribution in [2.45, 2.75) is 44.9 Å². The number of carbonyl (C=O) groups is 2. The molecule has 116 valence electrons. The molecule has 1 aromatic heterocycles. The molecule has 1 fully saturated rings. The van der Waals surface area contributed by atoms with E-state index < -0.39 is 6.04 Å². The lowest BCUT2D eigenvalue weighted by molar-refractivity contribution is -0.120. The summed E-state index contributed by atoms with van der Waals surface area (Å²) in [7, 11) is 0. The highest BCUT2D eigenvalue weighted by Gasteiger charge is 2.27. The molecule has 1 atom stereocenters. The summed E-state index contributed by atoms with van der Waals surface area (Å²) in [5.74, 6) is 2.60. The van der Waals surface area contributed by atoms with Gasteiger partial charge >= 0.3 is 0 Å². The molecule has 1 aliphatic rings. The van der Waals surface area contributed by atoms with Gasteiger partial charge in [-0.15, -0.1) is 0 Å². The molecule has 1 unspecified atom stereocenters. The average Bonchev–Trinajstić information content (AvgIpc) is 3.02. The second kappa shape index (κ2) is 7.54. The molecule has 0 aliphatic carbocycles. The fourth-order valence-electron chi connectivity index (χ4n) is 2.16. The molecule has 2 heterocycles. The second-order valence-corrected chi connectivity index (χ2v) is 6.31. The van der Waals surface area contributed by atoms with Crippen molar-refractivity contribution in [3.8, 4) is 0 Å². The van der Waals surface area contributed by atoms with Gasteiger partial charge in [0.25, 0.3) is 5.91 Å². The van der Waals surface area contributed by atoms with Crippen LogP contribution >= 0.6 is 11.8 Å². The van der Waals surface area contributed by atoms with Crippen LogP contribution in [0.1, 0.15) is 48.1 Å². The van der Waals surface area contributed by atoms with Gasteiger partial charge in [-0.2, -0.15) is 11.8 Å². The molecule has 2 rings (SSSR count). The average molecular weight is 310 g/mol. The van der Waals surface area contributed by atoms with Crippen molar-refractivity contribution in [1.29, 1.82) is 0 Å². The number of nitrogens with one attached hydrogen (secondary N) is 2. The minimum Gasteiger partial charge on any atom is -0.456 e. The lowest BCUT2D eigenvalue weighted by atomic mass is 10.2. The van der Waals surface area contributed by atoms with Gasteiger partial charge in [0.2, 0.25) is 5.91 Å². The zero-order valence-corrected chi connectivity index (χ0v) is 13.3. The molecule has 0 aromatic carbocycles. The Morgan fingerprint density at radius 2 is 2.38 bits per heavy atom. The van der Waals surface area contributed by atoms with Crippen molar-refractivity contribution < 1.29 is 14.0 Å². The van der Waals surface area contributed by atoms with E-state index >= 15 is 0 Å². The third-order valence-corrected chi connectivity index (χ3v) is 4.59. The van der Waals surface area contributed by atoms with Crippen molar-refractivity contribution in [1.82, 2.24) is 10.6 Å². The van der Waals surface area contributed by atoms with E-state index in [9.17, 15) is 9.59 Å². The van der Waals surface area contributed by atoms with Crippen molar-refractivity contribution in [2.75, 3.05) is 12.3 Å². The Morgan fingerprint density at radius 3 is 3.05 bits per heavy atom. The van der Waals surface area contributed by atoms with Gasteiger partial charge in [0.05, 0.1) is 0 Å². The van der Waals surface area contributed by atoms with Crippen LogP contribution in [0.15, 0.2) is 10.5 Å². The van der Waals surface area contributed by atoms with Crippen LogP contribution in [-0.2, 0) is 10.5 Å². The maximum atomic E-state index is 12.1. The summed E-state index contributed by atoms with van der Waals surface area (Å²) in [6.45, 7) is 4.65. The van der Waals surface area contributed by atoms with Gasteiger partial charge in [-0.25, -0.2) is 0 Å². The lowest BCUT2D eigenvalue weighted by Crippen LogP contribution is -2.39. The minimum atomic E-state index is -0.440. The van der Waals surface area contributed by atoms with E-state index in [1.807, 2.05) is 18.7 Å². The monoisotopic (exact) mass is 310 g/mol. The molecule has 21 heavy (non-hydrogen) atoms. The van der Waals surface area contributed by atoms with E-state index in [1.165, 1.54) is 12.8 Å². The van der Waals surface area contributed by atoms with Crippen molar-refractivity contribution in [2.24, 2.45) is 0 Å². The maximum Gasteiger partial charge on any atom is 0.287 e. The van der Waals surface area contributed by atoms with Crippen LogP contribution < -0.4 is 10.6 Å². The first-order valence-corrected chi connectivity index (χ1v) is 8.53. The number of thioether (sulfide) groups is 1. The molecule has 0 radical (unpaired) electrons. The number of aryl methyl sites for hydroxylation is 1. The van der Waals surface area contributed by atoms with Gasteiger partial charge in [0.15, 0.2) is 5.76 Å². The molecular weight excluding hydrogens is 288 g/mol. The van der Waals surface area contributed by atoms with Crippen molar-refractivity contribution >= 4 is 23.6 Å². The third kappa shape index (κ3) is 4.27. The second-order valence-electron chi connectivity index (χ2n) is 5.20. The van der Waals surface area contributed by atoms with E-state index in [-0.39, 0.29) is 11.8 Å². The first kappa shape index (κ1) is 15.9. The highest BCUT2D eigenvalue weighted by atomic mass is 32.2. The van der Waals surface area contributed by atoms with Crippen LogP contribution in [0.4, 0.5) is 0 Å². The number of rotatable bonds is 7. The van der Waals surface area contributed by atoms with E-state index in [4.69, 9.17) is 4.42 Å². The van der Waals surface area contributed by atoms with Gasteiger partial charge < -0.3 is 15.1 Å². The Morgan fingerprint density at radius 1 is 1.57 bits per heavy atom. The van der Waals surface area contributed by atoms with E-state index in [0.717, 1.165) is 22.8 Å². The molecule has 0 spiro atoms. The van der Waals surface area contributed by atoms with Crippen LogP contribution in [0.3, 0.4) is 0 Å². The zero-order chi connectivity index (χ0) is 15.2. The summed E-state index contributed by atoms with van der Waals surface area (Å²) in [5.41, 5.74) is 1.05. The summed E-state index contributed by atoms with van der Waals surface area (Å²) < 4.78 is 5.52. The van der Waals surface area contributed by atoms with Crippen LogP contribution in [0.5, 0.6) is 0 Å². The Labute approximate surface area is 129 Å². The highest BCUT2D eigenvalue weighted by Crippen LogP contribution is 2.21. The number of hydrogen-bond donors (Lipinski definition) is 2. The van der Waals surface area contributed by atoms with Gasteiger partial charge in [-0.3, -0.25) is 9.59 Å². The molecule has 1 saturated heterocycles. The third-order valence-electron chi connectivity index (χ3n) is 3.50. The van der Waals surface area contributed by atoms with E-state index in [2.05, 4.69) is 17.6 Å². The summed E-state index contributed by atoms with van der Waals surface area (Å²) in [6, 6.07) is 1.35. The normalized spacial score (nSPS) is 17.8. The standard InChI is InChI=1S/C15H22N2O3S/c1-3-4-7-21-9-11-8-13(20-10(11)2)15(19)17-12-5-6-16-14(12)18/h8,12H,3-7,9H2,1-2H3,(H,16,18)(H,17,19). The summed E-state index contributed by atoms with van der Waals surface area (Å²) >= 11 is 1.85. The lowest BCUT2D eigenvalue weighted by Gasteiger charge is -2.07. The molecule has 1 aromatic rings. The predicted molar refractivity (Wildman–Crippen MR) is 83.4 cm³/mol. The smallest absolute Gasteiger partial charge is 0.287 e. The topological polar surface area (TPSA) is 71.3 Å². The zero-order valence-electron chi connectivity index (χ0n) is 12.5.